The van der Waals surface area contributed by atoms with Crippen molar-refractivity contribution in [1.82, 2.24) is 5.32 Å². The third-order valence-electron chi connectivity index (χ3n) is 4.37. The van der Waals surface area contributed by atoms with Gasteiger partial charge in [-0.25, -0.2) is 4.79 Å². The van der Waals surface area contributed by atoms with Gasteiger partial charge in [-0.3, -0.25) is 4.79 Å². The van der Waals surface area contributed by atoms with E-state index in [2.05, 4.69) is 26.1 Å². The molecule has 1 atom stereocenters. The molecule has 1 N–H and O–H groups in total. The fraction of sp³-hybridized carbons (Fsp3) is 0.591. The summed E-state index contributed by atoms with van der Waals surface area (Å²) in [6, 6.07) is 6.44. The molecule has 0 aromatic heterocycles. The van der Waals surface area contributed by atoms with E-state index in [0.29, 0.717) is 18.6 Å². The minimum absolute atomic E-state index is 0.0633. The van der Waals surface area contributed by atoms with Crippen molar-refractivity contribution >= 4 is 11.9 Å². The Morgan fingerprint density at radius 2 is 1.58 bits per heavy atom. The first-order valence-corrected chi connectivity index (χ1v) is 9.99. The molecule has 26 heavy (non-hydrogen) atoms. The van der Waals surface area contributed by atoms with Gasteiger partial charge in [-0.15, -0.1) is 0 Å². The SMILES string of the molecule is [CH2]c1ccc(OC(=O)C(CCCC)NC(=O)CCCCCCCC)cc1. The second-order valence-electron chi connectivity index (χ2n) is 6.85. The van der Waals surface area contributed by atoms with Gasteiger partial charge in [-0.1, -0.05) is 70.9 Å². The van der Waals surface area contributed by atoms with Crippen LogP contribution in [0.4, 0.5) is 0 Å². The Bertz CT molecular complexity index is 525. The van der Waals surface area contributed by atoms with Crippen LogP contribution in [0.3, 0.4) is 0 Å². The molecule has 0 fully saturated rings. The molecule has 1 aromatic rings. The molecular weight excluding hydrogens is 326 g/mol. The predicted octanol–water partition coefficient (Wildman–Crippen LogP) is 5.20. The van der Waals surface area contributed by atoms with Gasteiger partial charge in [0.25, 0.3) is 0 Å². The third-order valence-corrected chi connectivity index (χ3v) is 4.37. The topological polar surface area (TPSA) is 55.4 Å². The van der Waals surface area contributed by atoms with Gasteiger partial charge in [0.2, 0.25) is 5.91 Å². The molecule has 0 bridgehead atoms. The van der Waals surface area contributed by atoms with Crippen LogP contribution < -0.4 is 10.1 Å². The number of hydrogen-bond donors (Lipinski definition) is 1. The van der Waals surface area contributed by atoms with Crippen LogP contribution in [0.1, 0.15) is 83.6 Å². The van der Waals surface area contributed by atoms with E-state index in [9.17, 15) is 9.59 Å². The Morgan fingerprint density at radius 3 is 2.23 bits per heavy atom. The average molecular weight is 361 g/mol. The Labute approximate surface area is 158 Å². The maximum Gasteiger partial charge on any atom is 0.334 e. The predicted molar refractivity (Wildman–Crippen MR) is 106 cm³/mol. The van der Waals surface area contributed by atoms with E-state index < -0.39 is 12.0 Å². The van der Waals surface area contributed by atoms with E-state index in [-0.39, 0.29) is 5.91 Å². The van der Waals surface area contributed by atoms with Gasteiger partial charge in [0, 0.05) is 6.42 Å². The molecule has 4 nitrogen and oxygen atoms in total. The van der Waals surface area contributed by atoms with Gasteiger partial charge in [0.05, 0.1) is 0 Å². The highest BCUT2D eigenvalue weighted by Gasteiger charge is 2.22. The van der Waals surface area contributed by atoms with Crippen molar-refractivity contribution in [3.8, 4) is 5.75 Å². The third kappa shape index (κ3) is 9.59. The van der Waals surface area contributed by atoms with E-state index in [0.717, 1.165) is 31.2 Å². The summed E-state index contributed by atoms with van der Waals surface area (Å²) in [6.07, 6.45) is 9.72. The van der Waals surface area contributed by atoms with Crippen molar-refractivity contribution < 1.29 is 14.3 Å². The fourth-order valence-electron chi connectivity index (χ4n) is 2.73. The fourth-order valence-corrected chi connectivity index (χ4v) is 2.73. The van der Waals surface area contributed by atoms with Crippen molar-refractivity contribution in [3.05, 3.63) is 36.8 Å². The smallest absolute Gasteiger partial charge is 0.334 e. The van der Waals surface area contributed by atoms with E-state index in [1.807, 2.05) is 0 Å². The molecule has 4 heteroatoms. The van der Waals surface area contributed by atoms with Gasteiger partial charge in [0.1, 0.15) is 11.8 Å². The van der Waals surface area contributed by atoms with Crippen molar-refractivity contribution in [2.75, 3.05) is 0 Å². The molecule has 0 aliphatic rings. The van der Waals surface area contributed by atoms with Crippen LogP contribution in [0.2, 0.25) is 0 Å². The summed E-state index contributed by atoms with van der Waals surface area (Å²) in [5, 5.41) is 2.86. The highest BCUT2D eigenvalue weighted by atomic mass is 16.5. The van der Waals surface area contributed by atoms with Gasteiger partial charge in [-0.05, 0) is 37.5 Å². The molecule has 0 aliphatic carbocycles. The summed E-state index contributed by atoms with van der Waals surface area (Å²) < 4.78 is 5.42. The van der Waals surface area contributed by atoms with Crippen LogP contribution in [-0.2, 0) is 9.59 Å². The largest absolute Gasteiger partial charge is 0.425 e. The lowest BCUT2D eigenvalue weighted by Crippen LogP contribution is -2.43. The molecule has 0 aliphatic heterocycles. The van der Waals surface area contributed by atoms with Crippen LogP contribution in [0.25, 0.3) is 0 Å². The first kappa shape index (κ1) is 22.2. The van der Waals surface area contributed by atoms with Gasteiger partial charge >= 0.3 is 5.97 Å². The first-order chi connectivity index (χ1) is 12.6. The van der Waals surface area contributed by atoms with Crippen molar-refractivity contribution in [1.29, 1.82) is 0 Å². The minimum atomic E-state index is -0.582. The van der Waals surface area contributed by atoms with Gasteiger partial charge in [-0.2, -0.15) is 0 Å². The molecule has 1 amide bonds. The van der Waals surface area contributed by atoms with Crippen molar-refractivity contribution in [3.63, 3.8) is 0 Å². The Kier molecular flexibility index (Phi) is 11.4. The summed E-state index contributed by atoms with van der Waals surface area (Å²) in [4.78, 5) is 24.6. The van der Waals surface area contributed by atoms with Crippen LogP contribution in [-0.4, -0.2) is 17.9 Å². The van der Waals surface area contributed by atoms with E-state index in [4.69, 9.17) is 4.74 Å². The summed E-state index contributed by atoms with van der Waals surface area (Å²) in [6.45, 7) is 8.06. The highest BCUT2D eigenvalue weighted by molar-refractivity contribution is 5.85. The number of benzene rings is 1. The number of hydrogen-bond acceptors (Lipinski definition) is 3. The maximum atomic E-state index is 12.4. The zero-order valence-corrected chi connectivity index (χ0v) is 16.4. The van der Waals surface area contributed by atoms with E-state index >= 15 is 0 Å². The van der Waals surface area contributed by atoms with Crippen LogP contribution in [0.5, 0.6) is 5.75 Å². The second kappa shape index (κ2) is 13.4. The molecule has 0 heterocycles. The first-order valence-electron chi connectivity index (χ1n) is 9.99. The van der Waals surface area contributed by atoms with Crippen LogP contribution >= 0.6 is 0 Å². The van der Waals surface area contributed by atoms with Crippen LogP contribution in [0, 0.1) is 6.92 Å². The van der Waals surface area contributed by atoms with Gasteiger partial charge in [0.15, 0.2) is 0 Å². The lowest BCUT2D eigenvalue weighted by atomic mass is 10.1. The van der Waals surface area contributed by atoms with Crippen molar-refractivity contribution in [2.45, 2.75) is 84.1 Å². The average Bonchev–Trinajstić information content (AvgIpc) is 2.63. The quantitative estimate of drug-likeness (QED) is 0.299. The molecule has 0 spiro atoms. The number of rotatable bonds is 13. The molecular formula is C22H34NO3. The lowest BCUT2D eigenvalue weighted by Gasteiger charge is -2.17. The summed E-state index contributed by atoms with van der Waals surface area (Å²) in [5.41, 5.74) is 0.861. The van der Waals surface area contributed by atoms with Gasteiger partial charge < -0.3 is 10.1 Å². The summed E-state index contributed by atoms with van der Waals surface area (Å²) in [7, 11) is 0. The number of carbonyl (C=O) groups is 2. The Balaban J connectivity index is 2.44. The van der Waals surface area contributed by atoms with Crippen LogP contribution in [0.15, 0.2) is 24.3 Å². The van der Waals surface area contributed by atoms with E-state index in [1.165, 1.54) is 25.7 Å². The Hall–Kier alpha value is -1.84. The number of unbranched alkanes of at least 4 members (excludes halogenated alkanes) is 6. The minimum Gasteiger partial charge on any atom is -0.425 e. The number of esters is 1. The lowest BCUT2D eigenvalue weighted by molar-refractivity contribution is -0.139. The number of carbonyl (C=O) groups excluding carboxylic acids is 2. The highest BCUT2D eigenvalue weighted by Crippen LogP contribution is 2.14. The molecule has 1 unspecified atom stereocenters. The number of amides is 1. The zero-order valence-electron chi connectivity index (χ0n) is 16.4. The van der Waals surface area contributed by atoms with Crippen molar-refractivity contribution in [2.24, 2.45) is 0 Å². The molecule has 0 saturated heterocycles. The molecule has 0 saturated carbocycles. The number of nitrogens with one attached hydrogen (secondary N) is 1. The number of ether oxygens (including phenoxy) is 1. The molecule has 1 rings (SSSR count). The zero-order chi connectivity index (χ0) is 19.2. The normalized spacial score (nSPS) is 11.8. The standard InChI is InChI=1S/C22H34NO3/c1-4-6-8-9-10-11-13-21(24)23-20(12-7-5-2)22(25)26-19-16-14-18(3)15-17-19/h14-17,20H,3-13H2,1-2H3,(H,23,24). The summed E-state index contributed by atoms with van der Waals surface area (Å²) >= 11 is 0. The monoisotopic (exact) mass is 360 g/mol. The molecule has 1 aromatic carbocycles. The summed E-state index contributed by atoms with van der Waals surface area (Å²) in [5.74, 6) is 0.0206. The maximum absolute atomic E-state index is 12.4. The molecule has 145 valence electrons. The van der Waals surface area contributed by atoms with E-state index in [1.54, 1.807) is 24.3 Å². The molecule has 1 radical (unpaired) electrons. The second-order valence-corrected chi connectivity index (χ2v) is 6.85. The Morgan fingerprint density at radius 1 is 0.962 bits per heavy atom.